The molecule has 2 saturated carbocycles. The molecule has 1 unspecified atom stereocenters. The number of phenolic OH excluding ortho intramolecular Hbond substituents is 1. The van der Waals surface area contributed by atoms with E-state index in [2.05, 4.69) is 31.1 Å². The van der Waals surface area contributed by atoms with Crippen molar-refractivity contribution in [2.45, 2.75) is 50.0 Å². The fraction of sp³-hybridized carbons (Fsp3) is 0.667. The second kappa shape index (κ2) is 4.24. The Morgan fingerprint density at radius 3 is 2.85 bits per heavy atom. The Bertz CT molecular complexity index is 538. The standard InChI is InChI=1S/C18H25NO/c1-19(2)18-8-3-4-15-16-11-14(20)6-5-12(16)10-13(7-9-18)17(15)18/h5-6,11,13,15,17,20H,3-4,7-10H2,1-2H3/t13-,15+,17-,18?/m0/s1. The highest BCUT2D eigenvalue weighted by molar-refractivity contribution is 5.42. The van der Waals surface area contributed by atoms with Crippen LogP contribution in [-0.4, -0.2) is 29.6 Å². The predicted octanol–water partition coefficient (Wildman–Crippen LogP) is 3.54. The second-order valence-corrected chi connectivity index (χ2v) is 7.41. The smallest absolute Gasteiger partial charge is 0.115 e. The summed E-state index contributed by atoms with van der Waals surface area (Å²) in [6, 6.07) is 6.10. The molecule has 0 radical (unpaired) electrons. The van der Waals surface area contributed by atoms with Gasteiger partial charge in [-0.05, 0) is 87.2 Å². The van der Waals surface area contributed by atoms with E-state index < -0.39 is 0 Å². The molecule has 0 amide bonds. The molecule has 2 fully saturated rings. The lowest BCUT2D eigenvalue weighted by molar-refractivity contribution is 0.0271. The van der Waals surface area contributed by atoms with E-state index in [1.807, 2.05) is 6.07 Å². The molecule has 3 aliphatic rings. The van der Waals surface area contributed by atoms with Crippen molar-refractivity contribution in [1.29, 1.82) is 0 Å². The summed E-state index contributed by atoms with van der Waals surface area (Å²) in [6.45, 7) is 0. The monoisotopic (exact) mass is 271 g/mol. The van der Waals surface area contributed by atoms with Gasteiger partial charge >= 0.3 is 0 Å². The summed E-state index contributed by atoms with van der Waals surface area (Å²) >= 11 is 0. The summed E-state index contributed by atoms with van der Waals surface area (Å²) in [5.74, 6) is 2.79. The maximum atomic E-state index is 9.89. The molecular formula is C18H25NO. The summed E-state index contributed by atoms with van der Waals surface area (Å²) in [5.41, 5.74) is 3.39. The molecule has 0 bridgehead atoms. The number of nitrogens with zero attached hydrogens (tertiary/aromatic N) is 1. The van der Waals surface area contributed by atoms with Crippen LogP contribution in [-0.2, 0) is 6.42 Å². The maximum Gasteiger partial charge on any atom is 0.115 e. The summed E-state index contributed by atoms with van der Waals surface area (Å²) in [5, 5.41) is 9.89. The average molecular weight is 271 g/mol. The molecule has 0 spiro atoms. The first-order valence-corrected chi connectivity index (χ1v) is 8.11. The van der Waals surface area contributed by atoms with Crippen LogP contribution >= 0.6 is 0 Å². The van der Waals surface area contributed by atoms with Crippen LogP contribution in [0.15, 0.2) is 18.2 Å². The Hall–Kier alpha value is -1.02. The van der Waals surface area contributed by atoms with Crippen LogP contribution in [0, 0.1) is 11.8 Å². The summed E-state index contributed by atoms with van der Waals surface area (Å²) in [6.07, 6.45) is 8.00. The van der Waals surface area contributed by atoms with Gasteiger partial charge in [-0.15, -0.1) is 0 Å². The molecule has 0 aromatic heterocycles. The highest BCUT2D eigenvalue weighted by atomic mass is 16.3. The third-order valence-corrected chi connectivity index (χ3v) is 6.54. The van der Waals surface area contributed by atoms with Crippen molar-refractivity contribution >= 4 is 0 Å². The Balaban J connectivity index is 1.83. The lowest BCUT2D eigenvalue weighted by Gasteiger charge is -2.52. The van der Waals surface area contributed by atoms with Gasteiger partial charge in [0.15, 0.2) is 0 Å². The molecule has 0 saturated heterocycles. The molecule has 2 nitrogen and oxygen atoms in total. The van der Waals surface area contributed by atoms with E-state index in [9.17, 15) is 5.11 Å². The van der Waals surface area contributed by atoms with Gasteiger partial charge in [0.25, 0.3) is 0 Å². The Morgan fingerprint density at radius 2 is 2.05 bits per heavy atom. The molecule has 2 heteroatoms. The predicted molar refractivity (Wildman–Crippen MR) is 81.0 cm³/mol. The van der Waals surface area contributed by atoms with Gasteiger partial charge in [0, 0.05) is 5.54 Å². The summed E-state index contributed by atoms with van der Waals surface area (Å²) < 4.78 is 0. The topological polar surface area (TPSA) is 23.5 Å². The van der Waals surface area contributed by atoms with Crippen LogP contribution in [0.5, 0.6) is 5.75 Å². The second-order valence-electron chi connectivity index (χ2n) is 7.41. The molecule has 3 aliphatic carbocycles. The zero-order valence-corrected chi connectivity index (χ0v) is 12.6. The van der Waals surface area contributed by atoms with Gasteiger partial charge in [-0.2, -0.15) is 0 Å². The highest BCUT2D eigenvalue weighted by Crippen LogP contribution is 2.60. The van der Waals surface area contributed by atoms with Crippen molar-refractivity contribution in [2.75, 3.05) is 14.1 Å². The van der Waals surface area contributed by atoms with Gasteiger partial charge in [0.1, 0.15) is 5.75 Å². The van der Waals surface area contributed by atoms with Gasteiger partial charge in [-0.25, -0.2) is 0 Å². The van der Waals surface area contributed by atoms with E-state index in [-0.39, 0.29) is 0 Å². The van der Waals surface area contributed by atoms with Crippen LogP contribution in [0.2, 0.25) is 0 Å². The van der Waals surface area contributed by atoms with Crippen molar-refractivity contribution in [2.24, 2.45) is 11.8 Å². The lowest BCUT2D eigenvalue weighted by atomic mass is 9.59. The quantitative estimate of drug-likeness (QED) is 0.844. The fourth-order valence-corrected chi connectivity index (χ4v) is 5.74. The van der Waals surface area contributed by atoms with E-state index in [0.717, 1.165) is 11.8 Å². The minimum Gasteiger partial charge on any atom is -0.508 e. The first kappa shape index (κ1) is 12.7. The van der Waals surface area contributed by atoms with Gasteiger partial charge in [0.05, 0.1) is 0 Å². The molecule has 4 atom stereocenters. The number of benzene rings is 1. The van der Waals surface area contributed by atoms with E-state index in [1.165, 1.54) is 49.7 Å². The molecule has 1 aromatic rings. The first-order chi connectivity index (χ1) is 9.62. The molecule has 108 valence electrons. The Kier molecular flexibility index (Phi) is 2.69. The van der Waals surface area contributed by atoms with Crippen LogP contribution in [0.4, 0.5) is 0 Å². The average Bonchev–Trinajstić information content (AvgIpc) is 2.82. The number of phenols is 1. The van der Waals surface area contributed by atoms with Crippen molar-refractivity contribution < 1.29 is 5.11 Å². The third-order valence-electron chi connectivity index (χ3n) is 6.54. The van der Waals surface area contributed by atoms with Crippen molar-refractivity contribution in [3.05, 3.63) is 29.3 Å². The van der Waals surface area contributed by atoms with E-state index in [0.29, 0.717) is 17.2 Å². The van der Waals surface area contributed by atoms with Gasteiger partial charge in [-0.1, -0.05) is 12.5 Å². The number of hydrogen-bond acceptors (Lipinski definition) is 2. The van der Waals surface area contributed by atoms with Gasteiger partial charge in [-0.3, -0.25) is 0 Å². The van der Waals surface area contributed by atoms with Gasteiger partial charge in [0.2, 0.25) is 0 Å². The fourth-order valence-electron chi connectivity index (χ4n) is 5.74. The highest BCUT2D eigenvalue weighted by Gasteiger charge is 2.56. The molecular weight excluding hydrogens is 246 g/mol. The minimum atomic E-state index is 0.427. The normalized spacial score (nSPS) is 38.6. The Morgan fingerprint density at radius 1 is 1.20 bits per heavy atom. The first-order valence-electron chi connectivity index (χ1n) is 8.11. The van der Waals surface area contributed by atoms with E-state index in [4.69, 9.17) is 0 Å². The molecule has 0 heterocycles. The zero-order valence-electron chi connectivity index (χ0n) is 12.6. The zero-order chi connectivity index (χ0) is 13.9. The van der Waals surface area contributed by atoms with Crippen molar-refractivity contribution in [3.8, 4) is 5.75 Å². The molecule has 1 aromatic carbocycles. The van der Waals surface area contributed by atoms with Crippen molar-refractivity contribution in [3.63, 3.8) is 0 Å². The third kappa shape index (κ3) is 1.54. The van der Waals surface area contributed by atoms with Crippen LogP contribution in [0.25, 0.3) is 0 Å². The largest absolute Gasteiger partial charge is 0.508 e. The molecule has 1 N–H and O–H groups in total. The summed E-state index contributed by atoms with van der Waals surface area (Å²) in [4.78, 5) is 2.53. The lowest BCUT2D eigenvalue weighted by Crippen LogP contribution is -2.53. The molecule has 0 aliphatic heterocycles. The minimum absolute atomic E-state index is 0.427. The van der Waals surface area contributed by atoms with Crippen molar-refractivity contribution in [1.82, 2.24) is 4.90 Å². The molecule has 4 rings (SSSR count). The van der Waals surface area contributed by atoms with Gasteiger partial charge < -0.3 is 10.0 Å². The van der Waals surface area contributed by atoms with Crippen LogP contribution < -0.4 is 0 Å². The number of aromatic hydroxyl groups is 1. The van der Waals surface area contributed by atoms with E-state index >= 15 is 0 Å². The summed E-state index contributed by atoms with van der Waals surface area (Å²) in [7, 11) is 4.56. The molecule has 20 heavy (non-hydrogen) atoms. The Labute approximate surface area is 121 Å². The maximum absolute atomic E-state index is 9.89. The SMILES string of the molecule is CN(C)C12CCC[C@@H]3c4cc(O)ccc4C[C@H](CC1)[C@@H]32. The van der Waals surface area contributed by atoms with Crippen LogP contribution in [0.3, 0.4) is 0 Å². The number of rotatable bonds is 1. The van der Waals surface area contributed by atoms with E-state index in [1.54, 1.807) is 0 Å². The number of fused-ring (bicyclic) bond motifs is 2. The number of hydrogen-bond donors (Lipinski definition) is 1. The van der Waals surface area contributed by atoms with Crippen LogP contribution in [0.1, 0.15) is 49.1 Å².